The fraction of sp³-hybridized carbons (Fsp3) is 0.533. The van der Waals surface area contributed by atoms with Crippen LogP contribution in [0.4, 0.5) is 0 Å². The number of nitrogens with two attached hydrogens (primary N) is 1. The molecule has 0 bridgehead atoms. The number of likely N-dealkylation sites (N-methyl/N-ethyl adjacent to an activating group) is 1. The number of benzene rings is 1. The maximum atomic E-state index is 12.2. The summed E-state index contributed by atoms with van der Waals surface area (Å²) in [5.41, 5.74) is 6.64. The molecule has 0 aromatic heterocycles. The average Bonchev–Trinajstić information content (AvgIpc) is 2.42. The molecular weight excluding hydrogens is 240 g/mol. The predicted molar refractivity (Wildman–Crippen MR) is 76.8 cm³/mol. The Balaban J connectivity index is 2.74. The minimum atomic E-state index is -0.460. The molecule has 0 radical (unpaired) electrons. The van der Waals surface area contributed by atoms with E-state index in [1.807, 2.05) is 19.1 Å². The smallest absolute Gasteiger partial charge is 0.239 e. The molecule has 3 N–H and O–H groups in total. The molecule has 1 aromatic carbocycles. The average molecular weight is 264 g/mol. The van der Waals surface area contributed by atoms with E-state index in [-0.39, 0.29) is 17.7 Å². The summed E-state index contributed by atoms with van der Waals surface area (Å²) in [7, 11) is 1.73. The summed E-state index contributed by atoms with van der Waals surface area (Å²) in [5, 5.41) is 9.82. The fourth-order valence-electron chi connectivity index (χ4n) is 2.05. The van der Waals surface area contributed by atoms with E-state index in [9.17, 15) is 9.90 Å². The van der Waals surface area contributed by atoms with Crippen LogP contribution in [0.25, 0.3) is 0 Å². The minimum absolute atomic E-state index is 0.0794. The first-order valence-corrected chi connectivity index (χ1v) is 6.79. The Bertz CT molecular complexity index is 420. The lowest BCUT2D eigenvalue weighted by Crippen LogP contribution is -2.42. The third-order valence-electron chi connectivity index (χ3n) is 3.50. The lowest BCUT2D eigenvalue weighted by molar-refractivity contribution is -0.133. The van der Waals surface area contributed by atoms with Crippen molar-refractivity contribution in [1.82, 2.24) is 4.90 Å². The lowest BCUT2D eigenvalue weighted by atomic mass is 10.0. The molecule has 19 heavy (non-hydrogen) atoms. The number of nitrogens with zero attached hydrogens (tertiary/aromatic N) is 1. The first kappa shape index (κ1) is 15.5. The second-order valence-electron chi connectivity index (χ2n) is 4.93. The maximum absolute atomic E-state index is 12.2. The summed E-state index contributed by atoms with van der Waals surface area (Å²) in [5.74, 6) is 0.126. The molecular formula is C15H24N2O2. The zero-order valence-electron chi connectivity index (χ0n) is 12.0. The van der Waals surface area contributed by atoms with Crippen LogP contribution in [0.2, 0.25) is 0 Å². The third kappa shape index (κ3) is 3.96. The number of amides is 1. The standard InChI is InChI=1S/C15H24N2O2/c1-4-5-9-13(16)15(19)17(3)11(2)12-8-6-7-10-14(12)18/h6-8,10-11,13,18H,4-5,9,16H2,1-3H3. The quantitative estimate of drug-likeness (QED) is 0.829. The molecule has 1 amide bonds. The molecule has 0 fully saturated rings. The van der Waals surface area contributed by atoms with Gasteiger partial charge in [-0.25, -0.2) is 0 Å². The monoisotopic (exact) mass is 264 g/mol. The number of hydrogen-bond donors (Lipinski definition) is 2. The van der Waals surface area contributed by atoms with Crippen LogP contribution in [0.15, 0.2) is 24.3 Å². The molecule has 106 valence electrons. The molecule has 0 aliphatic carbocycles. The normalized spacial score (nSPS) is 13.9. The van der Waals surface area contributed by atoms with E-state index in [0.717, 1.165) is 18.4 Å². The van der Waals surface area contributed by atoms with Gasteiger partial charge in [0.05, 0.1) is 12.1 Å². The molecule has 0 saturated carbocycles. The van der Waals surface area contributed by atoms with Crippen molar-refractivity contribution < 1.29 is 9.90 Å². The number of aromatic hydroxyl groups is 1. The molecule has 0 aliphatic rings. The van der Waals surface area contributed by atoms with Crippen LogP contribution < -0.4 is 5.73 Å². The Morgan fingerprint density at radius 2 is 2.05 bits per heavy atom. The summed E-state index contributed by atoms with van der Waals surface area (Å²) >= 11 is 0. The summed E-state index contributed by atoms with van der Waals surface area (Å²) in [4.78, 5) is 13.8. The van der Waals surface area contributed by atoms with Gasteiger partial charge in [-0.3, -0.25) is 4.79 Å². The zero-order valence-corrected chi connectivity index (χ0v) is 12.0. The van der Waals surface area contributed by atoms with Gasteiger partial charge in [-0.15, -0.1) is 0 Å². The molecule has 1 aromatic rings. The number of carbonyl (C=O) groups excluding carboxylic acids is 1. The Labute approximate surface area is 115 Å². The highest BCUT2D eigenvalue weighted by molar-refractivity contribution is 5.81. The van der Waals surface area contributed by atoms with Gasteiger partial charge in [-0.05, 0) is 19.4 Å². The van der Waals surface area contributed by atoms with Crippen molar-refractivity contribution in [3.8, 4) is 5.75 Å². The summed E-state index contributed by atoms with van der Waals surface area (Å²) in [6.07, 6.45) is 2.68. The second-order valence-corrected chi connectivity index (χ2v) is 4.93. The number of phenols is 1. The molecule has 4 nitrogen and oxygen atoms in total. The van der Waals surface area contributed by atoms with Gasteiger partial charge in [0.15, 0.2) is 0 Å². The van der Waals surface area contributed by atoms with E-state index in [1.165, 1.54) is 0 Å². The zero-order chi connectivity index (χ0) is 14.4. The van der Waals surface area contributed by atoms with Gasteiger partial charge in [-0.2, -0.15) is 0 Å². The van der Waals surface area contributed by atoms with Crippen molar-refractivity contribution in [1.29, 1.82) is 0 Å². The number of phenolic OH excluding ortho intramolecular Hbond substituents is 1. The van der Waals surface area contributed by atoms with Crippen molar-refractivity contribution in [3.05, 3.63) is 29.8 Å². The van der Waals surface area contributed by atoms with Crippen LogP contribution in [0, 0.1) is 0 Å². The van der Waals surface area contributed by atoms with Crippen LogP contribution in [-0.2, 0) is 4.79 Å². The van der Waals surface area contributed by atoms with E-state index in [2.05, 4.69) is 6.92 Å². The van der Waals surface area contributed by atoms with Gasteiger partial charge in [-0.1, -0.05) is 38.0 Å². The SMILES string of the molecule is CCCCC(N)C(=O)N(C)C(C)c1ccccc1O. The van der Waals surface area contributed by atoms with Gasteiger partial charge >= 0.3 is 0 Å². The van der Waals surface area contributed by atoms with E-state index in [0.29, 0.717) is 6.42 Å². The second kappa shape index (κ2) is 7.14. The van der Waals surface area contributed by atoms with E-state index >= 15 is 0 Å². The van der Waals surface area contributed by atoms with Gasteiger partial charge in [0, 0.05) is 12.6 Å². The number of carbonyl (C=O) groups is 1. The molecule has 2 unspecified atom stereocenters. The molecule has 1 rings (SSSR count). The third-order valence-corrected chi connectivity index (χ3v) is 3.50. The van der Waals surface area contributed by atoms with Crippen molar-refractivity contribution >= 4 is 5.91 Å². The van der Waals surface area contributed by atoms with Crippen LogP contribution >= 0.6 is 0 Å². The van der Waals surface area contributed by atoms with Crippen molar-refractivity contribution in [2.45, 2.75) is 45.2 Å². The highest BCUT2D eigenvalue weighted by Crippen LogP contribution is 2.27. The van der Waals surface area contributed by atoms with Gasteiger partial charge in [0.25, 0.3) is 0 Å². The minimum Gasteiger partial charge on any atom is -0.508 e. The summed E-state index contributed by atoms with van der Waals surface area (Å²) < 4.78 is 0. The number of rotatable bonds is 6. The number of hydrogen-bond acceptors (Lipinski definition) is 3. The number of para-hydroxylation sites is 1. The van der Waals surface area contributed by atoms with Crippen molar-refractivity contribution in [2.75, 3.05) is 7.05 Å². The maximum Gasteiger partial charge on any atom is 0.239 e. The molecule has 2 atom stereocenters. The first-order chi connectivity index (χ1) is 8.99. The molecule has 0 heterocycles. The molecule has 4 heteroatoms. The van der Waals surface area contributed by atoms with Gasteiger partial charge in [0.2, 0.25) is 5.91 Å². The highest BCUT2D eigenvalue weighted by Gasteiger charge is 2.23. The van der Waals surface area contributed by atoms with Gasteiger partial charge in [0.1, 0.15) is 5.75 Å². The fourth-order valence-corrected chi connectivity index (χ4v) is 2.05. The van der Waals surface area contributed by atoms with E-state index < -0.39 is 6.04 Å². The van der Waals surface area contributed by atoms with Crippen LogP contribution in [0.5, 0.6) is 5.75 Å². The van der Waals surface area contributed by atoms with Crippen molar-refractivity contribution in [2.24, 2.45) is 5.73 Å². The number of unbranched alkanes of at least 4 members (excludes halogenated alkanes) is 1. The summed E-state index contributed by atoms with van der Waals surface area (Å²) in [6.45, 7) is 3.96. The lowest BCUT2D eigenvalue weighted by Gasteiger charge is -2.28. The Morgan fingerprint density at radius 3 is 2.63 bits per heavy atom. The summed E-state index contributed by atoms with van der Waals surface area (Å²) in [6, 6.07) is 6.41. The van der Waals surface area contributed by atoms with Crippen LogP contribution in [-0.4, -0.2) is 29.0 Å². The van der Waals surface area contributed by atoms with Crippen molar-refractivity contribution in [3.63, 3.8) is 0 Å². The Hall–Kier alpha value is -1.55. The first-order valence-electron chi connectivity index (χ1n) is 6.79. The molecule has 0 saturated heterocycles. The Morgan fingerprint density at radius 1 is 1.42 bits per heavy atom. The van der Waals surface area contributed by atoms with E-state index in [4.69, 9.17) is 5.73 Å². The largest absolute Gasteiger partial charge is 0.508 e. The van der Waals surface area contributed by atoms with Crippen LogP contribution in [0.1, 0.15) is 44.7 Å². The molecule has 0 spiro atoms. The van der Waals surface area contributed by atoms with E-state index in [1.54, 1.807) is 24.1 Å². The van der Waals surface area contributed by atoms with Crippen LogP contribution in [0.3, 0.4) is 0 Å². The molecule has 0 aliphatic heterocycles. The predicted octanol–water partition coefficient (Wildman–Crippen LogP) is 2.43. The highest BCUT2D eigenvalue weighted by atomic mass is 16.3. The Kier molecular flexibility index (Phi) is 5.83. The van der Waals surface area contributed by atoms with Gasteiger partial charge < -0.3 is 15.7 Å². The topological polar surface area (TPSA) is 66.6 Å².